The van der Waals surface area contributed by atoms with Crippen LogP contribution in [-0.4, -0.2) is 18.6 Å². The molecule has 0 saturated carbocycles. The van der Waals surface area contributed by atoms with Crippen LogP contribution in [0.25, 0.3) is 0 Å². The molecule has 108 valence electrons. The molecule has 1 atom stereocenters. The summed E-state index contributed by atoms with van der Waals surface area (Å²) < 4.78 is 19.2. The quantitative estimate of drug-likeness (QED) is 0.922. The van der Waals surface area contributed by atoms with Gasteiger partial charge in [0.25, 0.3) is 5.91 Å². The van der Waals surface area contributed by atoms with Gasteiger partial charge in [0.05, 0.1) is 11.0 Å². The summed E-state index contributed by atoms with van der Waals surface area (Å²) in [6.07, 6.45) is 0.721. The van der Waals surface area contributed by atoms with Crippen molar-refractivity contribution in [2.24, 2.45) is 0 Å². The maximum absolute atomic E-state index is 13.1. The van der Waals surface area contributed by atoms with Crippen LogP contribution in [0.1, 0.15) is 15.9 Å². The lowest BCUT2D eigenvalue weighted by Gasteiger charge is -2.12. The average Bonchev–Trinajstić information content (AvgIpc) is 2.90. The first kappa shape index (κ1) is 14.1. The molecule has 3 rings (SSSR count). The molecule has 3 nitrogen and oxygen atoms in total. The molecule has 0 aromatic heterocycles. The molecule has 2 aromatic rings. The van der Waals surface area contributed by atoms with Crippen LogP contribution < -0.4 is 10.1 Å². The summed E-state index contributed by atoms with van der Waals surface area (Å²) in [5.41, 5.74) is 1.57. The number of hydrogen-bond acceptors (Lipinski definition) is 2. The minimum atomic E-state index is -0.388. The predicted octanol–water partition coefficient (Wildman–Crippen LogP) is 3.32. The minimum Gasteiger partial charge on any atom is -0.488 e. The molecule has 2 aromatic carbocycles. The van der Waals surface area contributed by atoms with Gasteiger partial charge >= 0.3 is 0 Å². The third-order valence-corrected chi connectivity index (χ3v) is 3.99. The lowest BCUT2D eigenvalue weighted by atomic mass is 10.1. The number of ether oxygens (including phenoxy) is 1. The topological polar surface area (TPSA) is 38.3 Å². The van der Waals surface area contributed by atoms with Gasteiger partial charge in [-0.1, -0.05) is 18.2 Å². The first-order valence-corrected chi connectivity index (χ1v) is 7.40. The molecule has 0 bridgehead atoms. The smallest absolute Gasteiger partial charge is 0.251 e. The summed E-state index contributed by atoms with van der Waals surface area (Å²) in [5.74, 6) is 0.248. The highest BCUT2D eigenvalue weighted by atomic mass is 79.9. The number of amides is 1. The Morgan fingerprint density at radius 3 is 2.90 bits per heavy atom. The molecule has 1 heterocycles. The van der Waals surface area contributed by atoms with E-state index < -0.39 is 0 Å². The molecule has 1 amide bonds. The molecule has 0 radical (unpaired) electrons. The minimum absolute atomic E-state index is 0.0600. The Hall–Kier alpha value is -1.88. The van der Waals surface area contributed by atoms with Gasteiger partial charge in [0.15, 0.2) is 0 Å². The number of carbonyl (C=O) groups is 1. The highest BCUT2D eigenvalue weighted by molar-refractivity contribution is 9.10. The molecule has 1 unspecified atom stereocenters. The van der Waals surface area contributed by atoms with E-state index >= 15 is 0 Å². The van der Waals surface area contributed by atoms with E-state index in [4.69, 9.17) is 4.74 Å². The predicted molar refractivity (Wildman–Crippen MR) is 81.0 cm³/mol. The lowest BCUT2D eigenvalue weighted by molar-refractivity contribution is 0.0933. The lowest BCUT2D eigenvalue weighted by Crippen LogP contribution is -2.34. The van der Waals surface area contributed by atoms with E-state index in [-0.39, 0.29) is 22.3 Å². The molecule has 1 aliphatic heterocycles. The number of nitrogens with one attached hydrogen (secondary N) is 1. The van der Waals surface area contributed by atoms with E-state index in [0.717, 1.165) is 17.7 Å². The second-order valence-corrected chi connectivity index (χ2v) is 5.74. The molecule has 0 spiro atoms. The largest absolute Gasteiger partial charge is 0.488 e. The summed E-state index contributed by atoms with van der Waals surface area (Å²) in [6.45, 7) is 0.419. The molecule has 21 heavy (non-hydrogen) atoms. The number of halogens is 2. The number of rotatable bonds is 3. The number of carbonyl (C=O) groups excluding carboxylic acids is 1. The number of fused-ring (bicyclic) bond motifs is 1. The van der Waals surface area contributed by atoms with Gasteiger partial charge in [-0.2, -0.15) is 0 Å². The van der Waals surface area contributed by atoms with Gasteiger partial charge in [0.2, 0.25) is 0 Å². The van der Waals surface area contributed by atoms with Crippen molar-refractivity contribution in [3.05, 3.63) is 63.9 Å². The Bertz CT molecular complexity index is 665. The van der Waals surface area contributed by atoms with E-state index in [2.05, 4.69) is 21.2 Å². The van der Waals surface area contributed by atoms with Crippen molar-refractivity contribution in [1.82, 2.24) is 5.32 Å². The molecular formula is C16H13BrFNO2. The van der Waals surface area contributed by atoms with Crippen molar-refractivity contribution < 1.29 is 13.9 Å². The van der Waals surface area contributed by atoms with E-state index in [1.807, 2.05) is 24.3 Å². The summed E-state index contributed by atoms with van der Waals surface area (Å²) in [5, 5.41) is 2.82. The zero-order valence-electron chi connectivity index (χ0n) is 11.1. The van der Waals surface area contributed by atoms with Gasteiger partial charge < -0.3 is 10.1 Å². The first-order chi connectivity index (χ1) is 10.1. The van der Waals surface area contributed by atoms with Gasteiger partial charge in [-0.05, 0) is 45.8 Å². The van der Waals surface area contributed by atoms with E-state index in [0.29, 0.717) is 12.1 Å². The number of benzene rings is 2. The summed E-state index contributed by atoms with van der Waals surface area (Å²) >= 11 is 3.07. The number of para-hydroxylation sites is 1. The first-order valence-electron chi connectivity index (χ1n) is 6.61. The average molecular weight is 350 g/mol. The molecule has 1 aliphatic rings. The van der Waals surface area contributed by atoms with Gasteiger partial charge in [-0.15, -0.1) is 0 Å². The highest BCUT2D eigenvalue weighted by Gasteiger charge is 2.22. The fourth-order valence-corrected chi connectivity index (χ4v) is 2.69. The second-order valence-electron chi connectivity index (χ2n) is 4.89. The summed E-state index contributed by atoms with van der Waals surface area (Å²) in [6, 6.07) is 12.0. The van der Waals surface area contributed by atoms with Crippen LogP contribution >= 0.6 is 15.9 Å². The van der Waals surface area contributed by atoms with Gasteiger partial charge in [-0.25, -0.2) is 4.39 Å². The van der Waals surface area contributed by atoms with Crippen molar-refractivity contribution in [3.8, 4) is 5.75 Å². The fourth-order valence-electron chi connectivity index (χ4n) is 2.31. The van der Waals surface area contributed by atoms with Crippen molar-refractivity contribution in [2.45, 2.75) is 12.5 Å². The number of hydrogen-bond donors (Lipinski definition) is 1. The van der Waals surface area contributed by atoms with Crippen molar-refractivity contribution >= 4 is 21.8 Å². The third kappa shape index (κ3) is 3.08. The van der Waals surface area contributed by atoms with Crippen molar-refractivity contribution in [3.63, 3.8) is 0 Å². The molecular weight excluding hydrogens is 337 g/mol. The fraction of sp³-hybridized carbons (Fsp3) is 0.188. The normalized spacial score (nSPS) is 16.2. The zero-order chi connectivity index (χ0) is 14.8. The van der Waals surface area contributed by atoms with E-state index in [9.17, 15) is 9.18 Å². The highest BCUT2D eigenvalue weighted by Crippen LogP contribution is 2.27. The van der Waals surface area contributed by atoms with Crippen LogP contribution in [0.4, 0.5) is 4.39 Å². The van der Waals surface area contributed by atoms with Crippen LogP contribution in [-0.2, 0) is 6.42 Å². The maximum Gasteiger partial charge on any atom is 0.251 e. The molecule has 5 heteroatoms. The standard InChI is InChI=1S/C16H13BrFNO2/c17-13-8-11(5-6-14(13)18)16(20)19-9-12-7-10-3-1-2-4-15(10)21-12/h1-6,8,12H,7,9H2,(H,19,20). The maximum atomic E-state index is 13.1. The van der Waals surface area contributed by atoms with Crippen LogP contribution in [0.15, 0.2) is 46.9 Å². The molecule has 0 saturated heterocycles. The molecule has 0 fully saturated rings. The Labute approximate surface area is 130 Å². The van der Waals surface area contributed by atoms with Crippen molar-refractivity contribution in [1.29, 1.82) is 0 Å². The zero-order valence-corrected chi connectivity index (χ0v) is 12.7. The van der Waals surface area contributed by atoms with Crippen LogP contribution in [0.2, 0.25) is 0 Å². The Morgan fingerprint density at radius 2 is 2.14 bits per heavy atom. The van der Waals surface area contributed by atoms with Gasteiger partial charge in [-0.3, -0.25) is 4.79 Å². The summed E-state index contributed by atoms with van der Waals surface area (Å²) in [7, 11) is 0. The van der Waals surface area contributed by atoms with E-state index in [1.54, 1.807) is 0 Å². The van der Waals surface area contributed by atoms with E-state index in [1.165, 1.54) is 18.2 Å². The van der Waals surface area contributed by atoms with Crippen molar-refractivity contribution in [2.75, 3.05) is 6.54 Å². The van der Waals surface area contributed by atoms with Gasteiger partial charge in [0.1, 0.15) is 17.7 Å². The molecule has 0 aliphatic carbocycles. The van der Waals surface area contributed by atoms with Gasteiger partial charge in [0, 0.05) is 12.0 Å². The van der Waals surface area contributed by atoms with Crippen LogP contribution in [0.5, 0.6) is 5.75 Å². The Balaban J connectivity index is 1.59. The van der Waals surface area contributed by atoms with Crippen LogP contribution in [0.3, 0.4) is 0 Å². The Kier molecular flexibility index (Phi) is 3.92. The Morgan fingerprint density at radius 1 is 1.33 bits per heavy atom. The second kappa shape index (κ2) is 5.85. The third-order valence-electron chi connectivity index (χ3n) is 3.39. The SMILES string of the molecule is O=C(NCC1Cc2ccccc2O1)c1ccc(F)c(Br)c1. The monoisotopic (exact) mass is 349 g/mol. The van der Waals surface area contributed by atoms with Crippen LogP contribution in [0, 0.1) is 5.82 Å². The molecule has 1 N–H and O–H groups in total. The summed E-state index contributed by atoms with van der Waals surface area (Å²) in [4.78, 5) is 12.0.